The maximum absolute atomic E-state index is 13.2. The van der Waals surface area contributed by atoms with E-state index in [4.69, 9.17) is 38.6 Å². The number of Topliss-reactive ketones (excluding diaryl/α,β-unsaturated/α-hetero) is 2. The number of carbonyl (C=O) groups is 4. The smallest absolute Gasteiger partial charge is 0.416 e. The van der Waals surface area contributed by atoms with Crippen LogP contribution in [0.4, 0.5) is 26.3 Å². The number of aryl methyl sites for hydroxylation is 2. The van der Waals surface area contributed by atoms with Crippen LogP contribution in [0.15, 0.2) is 134 Å². The molecule has 6 heterocycles. The van der Waals surface area contributed by atoms with Gasteiger partial charge in [0.2, 0.25) is 0 Å². The van der Waals surface area contributed by atoms with E-state index in [-0.39, 0.29) is 54.5 Å². The van der Waals surface area contributed by atoms with Gasteiger partial charge in [-0.25, -0.2) is 0 Å². The number of aromatic nitrogens is 4. The van der Waals surface area contributed by atoms with Crippen LogP contribution in [0.25, 0.3) is 21.8 Å². The van der Waals surface area contributed by atoms with Gasteiger partial charge in [-0.3, -0.25) is 28.5 Å². The van der Waals surface area contributed by atoms with Crippen molar-refractivity contribution in [1.29, 1.82) is 0 Å². The lowest BCUT2D eigenvalue weighted by molar-refractivity contribution is -0.138. The molecule has 16 nitrogen and oxygen atoms in total. The molecule has 492 valence electrons. The summed E-state index contributed by atoms with van der Waals surface area (Å²) in [5.41, 5.74) is 4.59. The zero-order valence-corrected chi connectivity index (χ0v) is 51.2. The fourth-order valence-electron chi connectivity index (χ4n) is 12.2. The topological polar surface area (TPSA) is 166 Å². The van der Waals surface area contributed by atoms with Crippen LogP contribution in [-0.2, 0) is 44.4 Å². The molecule has 6 aromatic carbocycles. The fourth-order valence-corrected chi connectivity index (χ4v) is 12.2. The van der Waals surface area contributed by atoms with Gasteiger partial charge >= 0.3 is 12.4 Å². The minimum atomic E-state index is -4.41. The third kappa shape index (κ3) is 17.2. The Kier molecular flexibility index (Phi) is 21.8. The summed E-state index contributed by atoms with van der Waals surface area (Å²) in [5.74, 6) is 2.18. The number of carbonyl (C=O) groups excluding carboxylic acids is 4. The minimum Gasteiger partial charge on any atom is -0.457 e. The zero-order valence-electron chi connectivity index (χ0n) is 51.2. The van der Waals surface area contributed by atoms with Crippen molar-refractivity contribution in [2.24, 2.45) is 11.8 Å². The van der Waals surface area contributed by atoms with Gasteiger partial charge in [-0.2, -0.15) is 36.5 Å². The molecule has 2 amide bonds. The van der Waals surface area contributed by atoms with E-state index in [0.29, 0.717) is 126 Å². The van der Waals surface area contributed by atoms with Crippen molar-refractivity contribution in [3.8, 4) is 23.0 Å². The number of halogens is 6. The normalized spacial score (nSPS) is 17.5. The Morgan fingerprint density at radius 1 is 0.484 bits per heavy atom. The number of rotatable bonds is 18. The molecular formula is C71H76F6N6O10. The number of nitrogens with zero attached hydrogens (tertiary/aromatic N) is 6. The van der Waals surface area contributed by atoms with E-state index in [1.54, 1.807) is 48.5 Å². The second kappa shape index (κ2) is 30.1. The number of ether oxygens (including phenoxy) is 6. The summed E-state index contributed by atoms with van der Waals surface area (Å²) in [5, 5.41) is 11.5. The summed E-state index contributed by atoms with van der Waals surface area (Å²) in [6.45, 7) is 11.3. The van der Waals surface area contributed by atoms with Crippen LogP contribution >= 0.6 is 0 Å². The van der Waals surface area contributed by atoms with Crippen molar-refractivity contribution < 1.29 is 73.9 Å². The molecule has 4 aliphatic rings. The third-order valence-electron chi connectivity index (χ3n) is 17.5. The summed E-state index contributed by atoms with van der Waals surface area (Å²) < 4.78 is 114. The highest BCUT2D eigenvalue weighted by Gasteiger charge is 2.32. The van der Waals surface area contributed by atoms with Crippen LogP contribution in [0.5, 0.6) is 23.0 Å². The molecular weight excluding hydrogens is 1210 g/mol. The SMILES string of the molecule is C.Cc1c(C(=O)CC[C@@H]2COCCO2)ccc2nn(CC3CCN(C(=O)c4ccc(Oc5ccc(C(F)(F)F)cc5)cc4)CC3)cc12.Cc1c(C(=O)CC[C@H]2COCCO2)ccc2nn(CC3CCN(C(=O)c4ccc(Oc5ccc(C(F)(F)F)cc5)cc4)CC3)cc12. The maximum Gasteiger partial charge on any atom is 0.416 e. The highest BCUT2D eigenvalue weighted by molar-refractivity contribution is 6.03. The molecule has 0 aliphatic carbocycles. The number of piperidine rings is 2. The van der Waals surface area contributed by atoms with Crippen molar-refractivity contribution >= 4 is 45.2 Å². The Hall–Kier alpha value is -8.44. The predicted octanol–water partition coefficient (Wildman–Crippen LogP) is 14.8. The summed E-state index contributed by atoms with van der Waals surface area (Å²) in [7, 11) is 0. The first-order valence-electron chi connectivity index (χ1n) is 31.2. The number of fused-ring (bicyclic) bond motifs is 2. The van der Waals surface area contributed by atoms with Crippen molar-refractivity contribution in [2.45, 2.75) is 110 Å². The molecule has 0 saturated carbocycles. The Labute approximate surface area is 535 Å². The van der Waals surface area contributed by atoms with Crippen LogP contribution in [0, 0.1) is 25.7 Å². The minimum absolute atomic E-state index is 0. The number of hydrogen-bond acceptors (Lipinski definition) is 12. The van der Waals surface area contributed by atoms with Crippen molar-refractivity contribution in [3.05, 3.63) is 178 Å². The van der Waals surface area contributed by atoms with Gasteiger partial charge in [0.1, 0.15) is 23.0 Å². The molecule has 8 aromatic rings. The molecule has 2 aromatic heterocycles. The second-order valence-corrected chi connectivity index (χ2v) is 23.9. The van der Waals surface area contributed by atoms with Gasteiger partial charge in [-0.05, 0) is 197 Å². The summed E-state index contributed by atoms with van der Waals surface area (Å²) in [4.78, 5) is 56.0. The number of alkyl halides is 6. The lowest BCUT2D eigenvalue weighted by Crippen LogP contribution is -2.39. The molecule has 12 rings (SSSR count). The highest BCUT2D eigenvalue weighted by Crippen LogP contribution is 2.35. The second-order valence-electron chi connectivity index (χ2n) is 23.9. The zero-order chi connectivity index (χ0) is 64.5. The lowest BCUT2D eigenvalue weighted by Gasteiger charge is -2.32. The number of amides is 2. The first kappa shape index (κ1) is 67.4. The van der Waals surface area contributed by atoms with E-state index in [9.17, 15) is 45.5 Å². The van der Waals surface area contributed by atoms with Crippen LogP contribution < -0.4 is 9.47 Å². The third-order valence-corrected chi connectivity index (χ3v) is 17.5. The van der Waals surface area contributed by atoms with Crippen LogP contribution in [0.1, 0.15) is 122 Å². The van der Waals surface area contributed by atoms with Gasteiger partial charge in [-0.1, -0.05) is 7.43 Å². The monoisotopic (exact) mass is 1290 g/mol. The first-order valence-corrected chi connectivity index (χ1v) is 31.2. The molecule has 0 radical (unpaired) electrons. The van der Waals surface area contributed by atoms with E-state index >= 15 is 0 Å². The van der Waals surface area contributed by atoms with Crippen molar-refractivity contribution in [1.82, 2.24) is 29.4 Å². The van der Waals surface area contributed by atoms with Gasteiger partial charge in [0.25, 0.3) is 11.8 Å². The van der Waals surface area contributed by atoms with E-state index < -0.39 is 23.5 Å². The Morgan fingerprint density at radius 3 is 1.15 bits per heavy atom. The Balaban J connectivity index is 0.000000201. The quantitative estimate of drug-likeness (QED) is 0.0590. The summed E-state index contributed by atoms with van der Waals surface area (Å²) in [6, 6.07) is 29.7. The lowest BCUT2D eigenvalue weighted by atomic mass is 9.96. The fraction of sp³-hybridized carbons (Fsp3) is 0.408. The van der Waals surface area contributed by atoms with Gasteiger partial charge in [0.15, 0.2) is 11.6 Å². The number of ketones is 2. The Bertz CT molecular complexity index is 3590. The largest absolute Gasteiger partial charge is 0.457 e. The molecule has 0 spiro atoms. The number of benzene rings is 6. The number of likely N-dealkylation sites (tertiary alicyclic amines) is 2. The van der Waals surface area contributed by atoms with Crippen LogP contribution in [0.3, 0.4) is 0 Å². The summed E-state index contributed by atoms with van der Waals surface area (Å²) in [6.07, 6.45) is 0.622. The van der Waals surface area contributed by atoms with Gasteiger partial charge in [0.05, 0.1) is 74.0 Å². The van der Waals surface area contributed by atoms with Gasteiger partial charge < -0.3 is 38.2 Å². The summed E-state index contributed by atoms with van der Waals surface area (Å²) >= 11 is 0. The predicted molar refractivity (Wildman–Crippen MR) is 337 cm³/mol. The van der Waals surface area contributed by atoms with Crippen LogP contribution in [0.2, 0.25) is 0 Å². The molecule has 93 heavy (non-hydrogen) atoms. The molecule has 4 saturated heterocycles. The maximum atomic E-state index is 13.2. The van der Waals surface area contributed by atoms with E-state index in [1.807, 2.05) is 69.7 Å². The van der Waals surface area contributed by atoms with E-state index in [2.05, 4.69) is 0 Å². The first-order chi connectivity index (χ1) is 44.3. The van der Waals surface area contributed by atoms with E-state index in [0.717, 1.165) is 107 Å². The molecule has 2 atom stereocenters. The number of hydrogen-bond donors (Lipinski definition) is 0. The van der Waals surface area contributed by atoms with Gasteiger partial charge in [-0.15, -0.1) is 0 Å². The standard InChI is InChI=1S/2C35H36F3N3O5.CH4/c2*1-23-30(33(42)13-10-29-22-44-18-19-45-29)11-12-32-31(23)21-41(39-32)20-24-14-16-40(17-15-24)34(43)25-2-6-27(7-3-25)46-28-8-4-26(5-9-28)35(36,37)38;/h2*2-9,11-12,21,24,29H,10,13-20,22H2,1H3;1H4/t2*29-;/m10./s1. The van der Waals surface area contributed by atoms with Crippen molar-refractivity contribution in [3.63, 3.8) is 0 Å². The molecule has 0 bridgehead atoms. The van der Waals surface area contributed by atoms with Crippen molar-refractivity contribution in [2.75, 3.05) is 65.8 Å². The average molecular weight is 1290 g/mol. The average Bonchev–Trinajstić information content (AvgIpc) is 1.71. The molecule has 4 aliphatic heterocycles. The molecule has 22 heteroatoms. The van der Waals surface area contributed by atoms with Gasteiger partial charge in [0, 0.05) is 97.5 Å². The van der Waals surface area contributed by atoms with Crippen LogP contribution in [-0.4, -0.2) is 131 Å². The molecule has 0 unspecified atom stereocenters. The Morgan fingerprint density at radius 2 is 0.828 bits per heavy atom. The van der Waals surface area contributed by atoms with E-state index in [1.165, 1.54) is 24.3 Å². The molecule has 0 N–H and O–H groups in total. The highest BCUT2D eigenvalue weighted by atomic mass is 19.4. The molecule has 4 fully saturated rings.